The number of nitrogens with one attached hydrogen (secondary N) is 4. The van der Waals surface area contributed by atoms with Gasteiger partial charge in [-0.3, -0.25) is 47.9 Å². The lowest BCUT2D eigenvalue weighted by molar-refractivity contribution is -0.141. The number of aliphatic hydroxyl groups excluding tert-OH is 6. The number of carboxylic acids is 3. The van der Waals surface area contributed by atoms with Gasteiger partial charge in [-0.1, -0.05) is 335 Å². The molecular weight excluding hydrogens is 1880 g/mol. The summed E-state index contributed by atoms with van der Waals surface area (Å²) < 4.78 is 23.5. The number of alkyl carbamates (subject to hydrolysis) is 2. The van der Waals surface area contributed by atoms with E-state index >= 15 is 0 Å². The molecule has 6 atom stereocenters. The van der Waals surface area contributed by atoms with Crippen molar-refractivity contribution in [3.8, 4) is 0 Å². The Morgan fingerprint density at radius 1 is 0.265 bits per heavy atom. The van der Waals surface area contributed by atoms with Crippen LogP contribution in [-0.4, -0.2) is 252 Å². The van der Waals surface area contributed by atoms with E-state index in [2.05, 4.69) is 77.0 Å². The molecule has 0 radical (unpaired) electrons. The van der Waals surface area contributed by atoms with Crippen LogP contribution in [0.25, 0.3) is 0 Å². The number of hydrogen-bond donors (Lipinski definition) is 13. The molecule has 0 spiro atoms. The average molecular weight is 2080 g/mol. The van der Waals surface area contributed by atoms with E-state index in [0.29, 0.717) is 129 Å². The number of methoxy groups -OCH3 is 3. The maximum Gasteiger partial charge on any atom is 0.407 e. The number of aliphatic carboxylic acids is 3. The van der Waals surface area contributed by atoms with Crippen molar-refractivity contribution in [1.29, 1.82) is 0 Å². The third-order valence-electron chi connectivity index (χ3n) is 22.1. The maximum absolute atomic E-state index is 12.0. The molecule has 0 saturated carbocycles. The van der Waals surface area contributed by atoms with Crippen LogP contribution in [0, 0.1) is 0 Å². The quantitative estimate of drug-likeness (QED) is 0.0116. The van der Waals surface area contributed by atoms with Crippen LogP contribution in [0.4, 0.5) is 9.59 Å². The zero-order valence-electron chi connectivity index (χ0n) is 92.0. The van der Waals surface area contributed by atoms with Crippen molar-refractivity contribution in [1.82, 2.24) is 31.1 Å². The highest BCUT2D eigenvalue weighted by molar-refractivity contribution is 5.77. The van der Waals surface area contributed by atoms with E-state index < -0.39 is 48.4 Å². The first-order valence-corrected chi connectivity index (χ1v) is 54.6. The molecule has 147 heavy (non-hydrogen) atoms. The van der Waals surface area contributed by atoms with E-state index in [1.807, 2.05) is 104 Å². The van der Waals surface area contributed by atoms with Crippen LogP contribution in [0.1, 0.15) is 388 Å². The number of rotatable bonds is 86. The summed E-state index contributed by atoms with van der Waals surface area (Å²) >= 11 is 0. The van der Waals surface area contributed by atoms with Gasteiger partial charge in [-0.15, -0.1) is 0 Å². The molecule has 13 N–H and O–H groups in total. The molecule has 0 saturated heterocycles. The van der Waals surface area contributed by atoms with Crippen LogP contribution in [0.15, 0.2) is 146 Å². The molecule has 0 aliphatic heterocycles. The standard InChI is InChI=1S/C21H37NO4.C20H35NO4.C19H33NO5.2C19H33NO4.C17H29NO5/c1-4-5-9-14-19(23)15-10-6-7-13-18-22(2)20(24)16-11-8-12-17-21(25)26-3;1-3-4-8-13-18(22)14-9-5-6-12-17-21-19(23)15-10-7-11-16-20(24)25-2;1-3-4-7-12-17(21)13-8-5-6-10-15-20-19(23)25-16-11-9-14-18(22)24-2;1-3-4-7-12-17(21)13-8-6-11-16-20(2)18(22)14-9-5-10-15-19(23)24;1-2-3-7-12-17(21)13-8-6-11-16-20-18(22)14-9-4-5-10-15-19(23)24;1-2-3-5-10-15(19)11-6-4-8-13-18-17(22)23-14-9-7-12-16(20)21/h6-7,10,15,19,23H,4-5,8-9,11-14,16-18H2,1-3H3;5-6,9,14,18,22H,3-4,7-8,10-13,15-17H2,1-2H3,(H,21,23);5-6,8,13,17,21H,3-4,7,9-12,14-16H2,1-2H3,(H,20,23);6,8,11,13,17,21H,3-5,7,9-10,12,14-16H2,1-2H3,(H,23,24);6,8,11,13,17,21H,2-5,7,9-10,12,14-16H2,1H3,(H,20,22)(H,23,24);4,6,8,11,15,19H,2-3,5,7,9-10,12-14H2,1H3,(H,18,22)(H,20,21)/b7-6-,15-10+;6-5-,14-9+;6-5-,13-8+;2*11-6-,13-8+;8-4-,11-6+. The number of ether oxygens (including phenoxy) is 5. The minimum absolute atomic E-state index is 0.0152. The Kier molecular flexibility index (Phi) is 118. The van der Waals surface area contributed by atoms with Gasteiger partial charge in [0.2, 0.25) is 23.6 Å². The summed E-state index contributed by atoms with van der Waals surface area (Å²) in [5, 5.41) is 94.6. The fourth-order valence-corrected chi connectivity index (χ4v) is 13.0. The Hall–Kier alpha value is -10.1. The molecule has 0 aromatic rings. The summed E-state index contributed by atoms with van der Waals surface area (Å²) in [6.45, 7) is 16.5. The van der Waals surface area contributed by atoms with Crippen molar-refractivity contribution in [3.63, 3.8) is 0 Å². The van der Waals surface area contributed by atoms with E-state index in [1.54, 1.807) is 65.5 Å². The smallest absolute Gasteiger partial charge is 0.407 e. The molecule has 6 amide bonds. The van der Waals surface area contributed by atoms with Crippen LogP contribution in [0.5, 0.6) is 0 Å². The minimum Gasteiger partial charge on any atom is -0.481 e. The number of aliphatic hydroxyl groups is 6. The fourth-order valence-electron chi connectivity index (χ4n) is 13.0. The lowest BCUT2D eigenvalue weighted by Gasteiger charge is -2.15. The van der Waals surface area contributed by atoms with Gasteiger partial charge in [-0.05, 0) is 135 Å². The van der Waals surface area contributed by atoms with Gasteiger partial charge in [-0.25, -0.2) is 9.59 Å². The van der Waals surface area contributed by atoms with Gasteiger partial charge in [0, 0.05) is 118 Å². The van der Waals surface area contributed by atoms with Gasteiger partial charge < -0.3 is 101 Å². The monoisotopic (exact) mass is 2080 g/mol. The second kappa shape index (κ2) is 118. The number of carbonyl (C=O) groups excluding carboxylic acids is 9. The maximum atomic E-state index is 12.0. The number of allylic oxidation sites excluding steroid dienone is 12. The molecule has 0 fully saturated rings. The van der Waals surface area contributed by atoms with Gasteiger partial charge in [-0.2, -0.15) is 0 Å². The summed E-state index contributed by atoms with van der Waals surface area (Å²) in [7, 11) is 7.70. The Morgan fingerprint density at radius 3 is 0.857 bits per heavy atom. The van der Waals surface area contributed by atoms with Gasteiger partial charge in [0.15, 0.2) is 0 Å². The highest BCUT2D eigenvalue weighted by Gasteiger charge is 2.13. The first kappa shape index (κ1) is 148. The van der Waals surface area contributed by atoms with Gasteiger partial charge in [0.25, 0.3) is 0 Å². The second-order valence-electron chi connectivity index (χ2n) is 35.9. The first-order chi connectivity index (χ1) is 70.8. The van der Waals surface area contributed by atoms with E-state index in [-0.39, 0.29) is 92.3 Å². The summed E-state index contributed by atoms with van der Waals surface area (Å²) in [6, 6.07) is 0. The zero-order valence-corrected chi connectivity index (χ0v) is 92.0. The lowest BCUT2D eigenvalue weighted by Crippen LogP contribution is -2.27. The highest BCUT2D eigenvalue weighted by Crippen LogP contribution is 2.15. The highest BCUT2D eigenvalue weighted by atomic mass is 16.6. The number of unbranched alkanes of at least 4 members (excludes halogenated alkanes) is 23. The summed E-state index contributed by atoms with van der Waals surface area (Å²) in [5.41, 5.74) is 0. The summed E-state index contributed by atoms with van der Waals surface area (Å²) in [6.07, 6.45) is 84.0. The van der Waals surface area contributed by atoms with Crippen molar-refractivity contribution >= 4 is 71.6 Å². The minimum atomic E-state index is -0.844. The molecule has 0 bridgehead atoms. The van der Waals surface area contributed by atoms with E-state index in [1.165, 1.54) is 21.3 Å². The molecular formula is C115H200N6O26. The number of carbonyl (C=O) groups is 12. The summed E-state index contributed by atoms with van der Waals surface area (Å²) in [4.78, 5) is 137. The molecule has 846 valence electrons. The van der Waals surface area contributed by atoms with Crippen molar-refractivity contribution < 1.29 is 127 Å². The molecule has 32 nitrogen and oxygen atoms in total. The molecule has 0 aromatic carbocycles. The second-order valence-corrected chi connectivity index (χ2v) is 35.9. The number of esters is 3. The fraction of sp³-hybridized carbons (Fsp3) is 0.687. The number of hydrogen-bond acceptors (Lipinski definition) is 23. The first-order valence-electron chi connectivity index (χ1n) is 54.6. The third-order valence-corrected chi connectivity index (χ3v) is 22.1. The molecule has 6 unspecified atom stereocenters. The Balaban J connectivity index is -0.000000406. The van der Waals surface area contributed by atoms with Gasteiger partial charge in [0.1, 0.15) is 0 Å². The van der Waals surface area contributed by atoms with Crippen LogP contribution < -0.4 is 21.3 Å². The Morgan fingerprint density at radius 2 is 0.524 bits per heavy atom. The topological polar surface area (TPSA) is 488 Å². The Labute approximate surface area is 883 Å². The van der Waals surface area contributed by atoms with Crippen molar-refractivity contribution in [2.24, 2.45) is 0 Å². The van der Waals surface area contributed by atoms with Gasteiger partial charge >= 0.3 is 48.0 Å². The average Bonchev–Trinajstić information content (AvgIpc) is 0.968. The van der Waals surface area contributed by atoms with E-state index in [9.17, 15) is 88.2 Å². The SMILES string of the molecule is CCCCCC(O)/C=C/C=C\CCN(C)C(=O)CCCCCC(=O)OC.CCCCCC(O)/C=C/C=C\CCNC(=O)CCCCCC(=O)OC.CCCCCC(O)/C=C/C=C\CCNC(=O)OCCCCC(=O)OC.CCCCCC(O)/C=C/C=C\CN(C)C(=O)CCCCCC(=O)O.CCCCCC(O)/C=C/C=C\CNC(=O)CCCCCCC(=O)O.CCCCCC(O)/C=C/C=C\CNC(=O)OCCCCC(=O)O. The molecule has 32 heteroatoms. The van der Waals surface area contributed by atoms with Crippen LogP contribution in [0.3, 0.4) is 0 Å². The van der Waals surface area contributed by atoms with Crippen molar-refractivity contribution in [3.05, 3.63) is 146 Å². The van der Waals surface area contributed by atoms with Gasteiger partial charge in [0.05, 0.1) is 71.2 Å². The number of likely N-dealkylation sites (N-methyl/N-ethyl adjacent to an activating group) is 1. The third kappa shape index (κ3) is 128. The number of amides is 6. The van der Waals surface area contributed by atoms with Crippen LogP contribution in [-0.2, 0) is 71.6 Å². The molecule has 0 aliphatic carbocycles. The molecule has 0 aliphatic rings. The normalized spacial score (nSPS) is 12.6. The molecule has 0 heterocycles. The summed E-state index contributed by atoms with van der Waals surface area (Å²) in [5.74, 6) is -2.76. The van der Waals surface area contributed by atoms with Crippen molar-refractivity contribution in [2.75, 3.05) is 87.9 Å². The number of carboxylic acid groups (broad SMARTS) is 3. The van der Waals surface area contributed by atoms with E-state index in [4.69, 9.17) is 24.8 Å². The van der Waals surface area contributed by atoms with Crippen molar-refractivity contribution in [2.45, 2.75) is 425 Å². The van der Waals surface area contributed by atoms with E-state index in [0.717, 1.165) is 238 Å². The zero-order chi connectivity index (χ0) is 111. The Bertz CT molecular complexity index is 3510. The van der Waals surface area contributed by atoms with Crippen LogP contribution in [0.2, 0.25) is 0 Å². The predicted molar refractivity (Wildman–Crippen MR) is 588 cm³/mol. The number of nitrogens with zero attached hydrogens (tertiary/aromatic N) is 2. The predicted octanol–water partition coefficient (Wildman–Crippen LogP) is 21.3. The largest absolute Gasteiger partial charge is 0.481 e. The van der Waals surface area contributed by atoms with Crippen LogP contribution >= 0.6 is 0 Å². The molecule has 0 aromatic heterocycles. The molecule has 0 rings (SSSR count). The lowest BCUT2D eigenvalue weighted by atomic mass is 10.1.